The monoisotopic (exact) mass is 510 g/mol. The number of rotatable bonds is 4. The number of carbonyl (C=O) groups excluding carboxylic acids is 2. The normalized spacial score (nSPS) is 12.0. The van der Waals surface area contributed by atoms with Crippen molar-refractivity contribution in [1.29, 1.82) is 0 Å². The number of nitrogens with one attached hydrogen (secondary N) is 2. The van der Waals surface area contributed by atoms with Gasteiger partial charge in [-0.1, -0.05) is 42.1 Å². The average Bonchev–Trinajstić information content (AvgIpc) is 3.33. The number of hydrogen-bond acceptors (Lipinski definition) is 7. The lowest BCUT2D eigenvalue weighted by Crippen LogP contribution is -2.11. The topological polar surface area (TPSA) is 84.0 Å². The minimum atomic E-state index is -0.139. The Kier molecular flexibility index (Phi) is 7.18. The van der Waals surface area contributed by atoms with Crippen LogP contribution in [0.2, 0.25) is 0 Å². The van der Waals surface area contributed by atoms with Crippen LogP contribution < -0.4 is 10.6 Å². The molecule has 0 atom stereocenters. The highest BCUT2D eigenvalue weighted by molar-refractivity contribution is 7.99. The zero-order chi connectivity index (χ0) is 24.9. The number of pyridine rings is 1. The Morgan fingerprint density at radius 1 is 0.972 bits per heavy atom. The number of anilines is 1. The van der Waals surface area contributed by atoms with E-state index in [0.717, 1.165) is 33.0 Å². The predicted octanol–water partition coefficient (Wildman–Crippen LogP) is 6.29. The van der Waals surface area contributed by atoms with Gasteiger partial charge in [0.25, 0.3) is 5.91 Å². The fourth-order valence-corrected chi connectivity index (χ4v) is 5.70. The molecule has 0 saturated carbocycles. The number of fused-ring (bicyclic) bond motifs is 3. The molecule has 3 aromatic carbocycles. The standard InChI is InChI=1S/C14H13N3S.C14H9NO2S/c1-15-8-13-9-17-14(18-13)11-2-3-12-7-16-5-4-10(12)6-11;16-8-9-5-6-13-11(7-9)15-14(17)10-3-1-2-4-12(10)18-13/h2-7,9,15H,8H2,1H3;1-8H,(H,15,17). The summed E-state index contributed by atoms with van der Waals surface area (Å²) in [7, 11) is 1.95. The Morgan fingerprint density at radius 2 is 1.86 bits per heavy atom. The maximum atomic E-state index is 12.1. The third kappa shape index (κ3) is 5.21. The van der Waals surface area contributed by atoms with E-state index in [0.29, 0.717) is 16.8 Å². The van der Waals surface area contributed by atoms with E-state index in [1.165, 1.54) is 27.6 Å². The first-order valence-corrected chi connectivity index (χ1v) is 12.9. The molecule has 2 N–H and O–H groups in total. The van der Waals surface area contributed by atoms with Crippen molar-refractivity contribution in [3.63, 3.8) is 0 Å². The minimum Gasteiger partial charge on any atom is -0.321 e. The van der Waals surface area contributed by atoms with Gasteiger partial charge >= 0.3 is 0 Å². The van der Waals surface area contributed by atoms with Crippen molar-refractivity contribution in [2.75, 3.05) is 12.4 Å². The first-order chi connectivity index (χ1) is 17.6. The second-order valence-corrected chi connectivity index (χ2v) is 10.2. The molecule has 6 nitrogen and oxygen atoms in total. The van der Waals surface area contributed by atoms with Crippen molar-refractivity contribution in [1.82, 2.24) is 15.3 Å². The first kappa shape index (κ1) is 23.9. The number of hydrogen-bond donors (Lipinski definition) is 2. The van der Waals surface area contributed by atoms with Gasteiger partial charge in [0.15, 0.2) is 0 Å². The van der Waals surface area contributed by atoms with Crippen LogP contribution >= 0.6 is 23.1 Å². The number of benzene rings is 3. The molecule has 1 amide bonds. The van der Waals surface area contributed by atoms with Crippen molar-refractivity contribution >= 4 is 51.8 Å². The second-order valence-electron chi connectivity index (χ2n) is 8.03. The van der Waals surface area contributed by atoms with Gasteiger partial charge in [0.05, 0.1) is 11.3 Å². The smallest absolute Gasteiger partial charge is 0.256 e. The highest BCUT2D eigenvalue weighted by Gasteiger charge is 2.19. The molecule has 0 unspecified atom stereocenters. The van der Waals surface area contributed by atoms with E-state index in [1.807, 2.05) is 56.0 Å². The van der Waals surface area contributed by atoms with Crippen LogP contribution in [-0.4, -0.2) is 29.2 Å². The molecule has 0 spiro atoms. The molecule has 0 bridgehead atoms. The van der Waals surface area contributed by atoms with E-state index < -0.39 is 0 Å². The number of nitrogens with zero attached hydrogens (tertiary/aromatic N) is 2. The molecule has 0 aliphatic carbocycles. The minimum absolute atomic E-state index is 0.139. The molecule has 36 heavy (non-hydrogen) atoms. The lowest BCUT2D eigenvalue weighted by molar-refractivity contribution is 0.102. The number of thiazole rings is 1. The van der Waals surface area contributed by atoms with Crippen LogP contribution in [-0.2, 0) is 6.54 Å². The largest absolute Gasteiger partial charge is 0.321 e. The van der Waals surface area contributed by atoms with Gasteiger partial charge < -0.3 is 10.6 Å². The van der Waals surface area contributed by atoms with Gasteiger partial charge in [0.2, 0.25) is 0 Å². The van der Waals surface area contributed by atoms with E-state index in [-0.39, 0.29) is 5.91 Å². The maximum Gasteiger partial charge on any atom is 0.256 e. The number of aldehydes is 1. The third-order valence-corrected chi connectivity index (χ3v) is 7.73. The first-order valence-electron chi connectivity index (χ1n) is 11.3. The van der Waals surface area contributed by atoms with Crippen LogP contribution in [0.1, 0.15) is 25.6 Å². The SMILES string of the molecule is CNCc1cnc(-c2ccc3cnccc3c2)s1.O=Cc1ccc2c(c1)NC(=O)c1ccccc1S2. The highest BCUT2D eigenvalue weighted by atomic mass is 32.2. The van der Waals surface area contributed by atoms with E-state index >= 15 is 0 Å². The lowest BCUT2D eigenvalue weighted by Gasteiger charge is -2.05. The summed E-state index contributed by atoms with van der Waals surface area (Å²) in [5.41, 5.74) is 3.07. The highest BCUT2D eigenvalue weighted by Crippen LogP contribution is 2.38. The van der Waals surface area contributed by atoms with Gasteiger partial charge in [0.1, 0.15) is 11.3 Å². The molecule has 0 fully saturated rings. The Balaban J connectivity index is 0.000000148. The molecule has 178 valence electrons. The number of amides is 1. The van der Waals surface area contributed by atoms with Gasteiger partial charge in [-0.05, 0) is 48.8 Å². The summed E-state index contributed by atoms with van der Waals surface area (Å²) < 4.78 is 0. The summed E-state index contributed by atoms with van der Waals surface area (Å²) >= 11 is 3.26. The second kappa shape index (κ2) is 10.8. The molecule has 6 rings (SSSR count). The van der Waals surface area contributed by atoms with Crippen molar-refractivity contribution in [2.24, 2.45) is 0 Å². The Morgan fingerprint density at radius 3 is 2.72 bits per heavy atom. The molecule has 0 radical (unpaired) electrons. The molecule has 1 aliphatic rings. The third-order valence-electron chi connectivity index (χ3n) is 5.53. The molecule has 5 aromatic rings. The molecular formula is C28H22N4O2S2. The number of carbonyl (C=O) groups is 2. The summed E-state index contributed by atoms with van der Waals surface area (Å²) in [6, 6.07) is 21.1. The van der Waals surface area contributed by atoms with Gasteiger partial charge in [-0.3, -0.25) is 14.6 Å². The summed E-state index contributed by atoms with van der Waals surface area (Å²) in [4.78, 5) is 34.5. The zero-order valence-electron chi connectivity index (χ0n) is 19.4. The maximum absolute atomic E-state index is 12.1. The summed E-state index contributed by atoms with van der Waals surface area (Å²) in [5, 5.41) is 9.41. The molecule has 2 aromatic heterocycles. The Hall–Kier alpha value is -3.85. The molecule has 3 heterocycles. The van der Waals surface area contributed by atoms with Gasteiger partial charge in [-0.25, -0.2) is 4.98 Å². The van der Waals surface area contributed by atoms with Gasteiger partial charge in [-0.15, -0.1) is 11.3 Å². The van der Waals surface area contributed by atoms with Crippen LogP contribution in [0.25, 0.3) is 21.3 Å². The van der Waals surface area contributed by atoms with E-state index in [9.17, 15) is 9.59 Å². The van der Waals surface area contributed by atoms with Gasteiger partial charge in [-0.2, -0.15) is 0 Å². The van der Waals surface area contributed by atoms with E-state index in [2.05, 4.69) is 38.8 Å². The predicted molar refractivity (Wildman–Crippen MR) is 146 cm³/mol. The van der Waals surface area contributed by atoms with Crippen LogP contribution in [0.3, 0.4) is 0 Å². The summed E-state index contributed by atoms with van der Waals surface area (Å²) in [6.07, 6.45) is 6.41. The molecule has 0 saturated heterocycles. The quantitative estimate of drug-likeness (QED) is 0.276. The van der Waals surface area contributed by atoms with Crippen molar-refractivity contribution in [3.8, 4) is 10.6 Å². The van der Waals surface area contributed by atoms with Crippen LogP contribution in [0.15, 0.2) is 95.1 Å². The van der Waals surface area contributed by atoms with Crippen molar-refractivity contribution < 1.29 is 9.59 Å². The van der Waals surface area contributed by atoms with Crippen LogP contribution in [0, 0.1) is 0 Å². The zero-order valence-corrected chi connectivity index (χ0v) is 21.0. The van der Waals surface area contributed by atoms with Crippen LogP contribution in [0.5, 0.6) is 0 Å². The van der Waals surface area contributed by atoms with Crippen molar-refractivity contribution in [3.05, 3.63) is 101 Å². The summed E-state index contributed by atoms with van der Waals surface area (Å²) in [5.74, 6) is -0.139. The van der Waals surface area contributed by atoms with E-state index in [4.69, 9.17) is 0 Å². The van der Waals surface area contributed by atoms with E-state index in [1.54, 1.807) is 29.5 Å². The lowest BCUT2D eigenvalue weighted by atomic mass is 10.1. The van der Waals surface area contributed by atoms with Crippen LogP contribution in [0.4, 0.5) is 5.69 Å². The van der Waals surface area contributed by atoms with Crippen molar-refractivity contribution in [2.45, 2.75) is 16.3 Å². The Bertz CT molecular complexity index is 1560. The molecule has 1 aliphatic heterocycles. The fourth-order valence-electron chi connectivity index (χ4n) is 3.77. The Labute approximate surface area is 216 Å². The summed E-state index contributed by atoms with van der Waals surface area (Å²) in [6.45, 7) is 0.870. The molecule has 8 heteroatoms. The molecular weight excluding hydrogens is 488 g/mol. The number of aromatic nitrogens is 2. The average molecular weight is 511 g/mol. The van der Waals surface area contributed by atoms with Gasteiger partial charge in [0, 0.05) is 56.3 Å². The fraction of sp³-hybridized carbons (Fsp3) is 0.0714.